The van der Waals surface area contributed by atoms with Crippen molar-refractivity contribution in [2.75, 3.05) is 44.3 Å². The molecule has 4 rings (SSSR count). The Balaban J connectivity index is 1.66. The predicted octanol–water partition coefficient (Wildman–Crippen LogP) is 2.97. The molecule has 3 heterocycles. The first kappa shape index (κ1) is 19.3. The lowest BCUT2D eigenvalue weighted by Crippen LogP contribution is -2.43. The second-order valence-electron chi connectivity index (χ2n) is 6.82. The van der Waals surface area contributed by atoms with Gasteiger partial charge in [-0.3, -0.25) is 19.3 Å². The minimum atomic E-state index is -0.151. The van der Waals surface area contributed by atoms with Crippen molar-refractivity contribution in [3.8, 4) is 0 Å². The zero-order valence-corrected chi connectivity index (χ0v) is 17.5. The zero-order chi connectivity index (χ0) is 19.7. The minimum Gasteiger partial charge on any atom is -0.379 e. The van der Waals surface area contributed by atoms with Gasteiger partial charge in [0.15, 0.2) is 10.8 Å². The molecule has 1 saturated heterocycles. The van der Waals surface area contributed by atoms with Gasteiger partial charge in [-0.1, -0.05) is 29.0 Å². The molecule has 1 aliphatic heterocycles. The van der Waals surface area contributed by atoms with Gasteiger partial charge in [0.25, 0.3) is 5.91 Å². The number of halogens is 1. The molecule has 0 atom stereocenters. The van der Waals surface area contributed by atoms with Crippen molar-refractivity contribution in [2.45, 2.75) is 6.92 Å². The SMILES string of the molecule is Cc1ccc(Cl)c2sc(N(CCN3CCOCC3)C(=O)c3ccn(C)n3)nc12. The highest BCUT2D eigenvalue weighted by atomic mass is 35.5. The number of carbonyl (C=O) groups excluding carboxylic acids is 1. The first-order valence-electron chi connectivity index (χ1n) is 9.20. The summed E-state index contributed by atoms with van der Waals surface area (Å²) in [7, 11) is 1.80. The van der Waals surface area contributed by atoms with Crippen LogP contribution in [0.15, 0.2) is 24.4 Å². The maximum absolute atomic E-state index is 13.2. The Bertz CT molecular complexity index is 957. The number of benzene rings is 1. The third-order valence-corrected chi connectivity index (χ3v) is 6.38. The monoisotopic (exact) mass is 419 g/mol. The number of hydrogen-bond acceptors (Lipinski definition) is 6. The predicted molar refractivity (Wildman–Crippen MR) is 112 cm³/mol. The van der Waals surface area contributed by atoms with Gasteiger partial charge in [0.2, 0.25) is 0 Å². The van der Waals surface area contributed by atoms with Crippen molar-refractivity contribution < 1.29 is 9.53 Å². The normalized spacial score (nSPS) is 15.2. The van der Waals surface area contributed by atoms with Gasteiger partial charge >= 0.3 is 0 Å². The molecule has 0 aliphatic carbocycles. The van der Waals surface area contributed by atoms with E-state index < -0.39 is 0 Å². The number of hydrogen-bond donors (Lipinski definition) is 0. The number of fused-ring (bicyclic) bond motifs is 1. The smallest absolute Gasteiger partial charge is 0.280 e. The van der Waals surface area contributed by atoms with E-state index in [0.717, 1.165) is 48.6 Å². The highest BCUT2D eigenvalue weighted by molar-refractivity contribution is 7.23. The van der Waals surface area contributed by atoms with Gasteiger partial charge < -0.3 is 4.74 Å². The van der Waals surface area contributed by atoms with Gasteiger partial charge in [-0.15, -0.1) is 0 Å². The van der Waals surface area contributed by atoms with Gasteiger partial charge in [0.05, 0.1) is 28.5 Å². The summed E-state index contributed by atoms with van der Waals surface area (Å²) in [6, 6.07) is 5.56. The van der Waals surface area contributed by atoms with Crippen LogP contribution in [0.3, 0.4) is 0 Å². The number of rotatable bonds is 5. The largest absolute Gasteiger partial charge is 0.379 e. The van der Waals surface area contributed by atoms with Gasteiger partial charge in [0.1, 0.15) is 0 Å². The molecule has 2 aromatic heterocycles. The third-order valence-electron chi connectivity index (χ3n) is 4.84. The molecule has 7 nitrogen and oxygen atoms in total. The quantitative estimate of drug-likeness (QED) is 0.636. The Kier molecular flexibility index (Phi) is 5.63. The Labute approximate surface area is 172 Å². The molecule has 0 radical (unpaired) electrons. The molecule has 0 saturated carbocycles. The number of thiazole rings is 1. The van der Waals surface area contributed by atoms with E-state index in [1.54, 1.807) is 28.9 Å². The van der Waals surface area contributed by atoms with Gasteiger partial charge in [0, 0.05) is 39.4 Å². The van der Waals surface area contributed by atoms with Crippen molar-refractivity contribution in [2.24, 2.45) is 7.05 Å². The number of anilines is 1. The number of morpholine rings is 1. The number of amides is 1. The van der Waals surface area contributed by atoms with Crippen LogP contribution in [0.5, 0.6) is 0 Å². The van der Waals surface area contributed by atoms with E-state index >= 15 is 0 Å². The molecule has 1 fully saturated rings. The van der Waals surface area contributed by atoms with E-state index in [1.807, 2.05) is 19.1 Å². The molecule has 3 aromatic rings. The molecule has 1 amide bonds. The van der Waals surface area contributed by atoms with Crippen LogP contribution in [-0.2, 0) is 11.8 Å². The lowest BCUT2D eigenvalue weighted by molar-refractivity contribution is 0.0391. The fraction of sp³-hybridized carbons (Fsp3) is 0.421. The third kappa shape index (κ3) is 3.91. The molecule has 0 N–H and O–H groups in total. The van der Waals surface area contributed by atoms with Gasteiger partial charge in [-0.05, 0) is 24.6 Å². The molecular formula is C19H22ClN5O2S. The molecule has 0 spiro atoms. The number of nitrogens with zero attached hydrogens (tertiary/aromatic N) is 5. The zero-order valence-electron chi connectivity index (χ0n) is 15.9. The standard InChI is InChI=1S/C19H22ClN5O2S/c1-13-3-4-14(20)17-16(13)21-19(28-17)25(8-7-24-9-11-27-12-10-24)18(26)15-5-6-23(2)22-15/h3-6H,7-12H2,1-2H3. The number of aromatic nitrogens is 3. The van der Waals surface area contributed by atoms with E-state index in [-0.39, 0.29) is 5.91 Å². The summed E-state index contributed by atoms with van der Waals surface area (Å²) in [5.41, 5.74) is 2.30. The lowest BCUT2D eigenvalue weighted by atomic mass is 10.2. The molecule has 9 heteroatoms. The summed E-state index contributed by atoms with van der Waals surface area (Å²) < 4.78 is 7.95. The number of carbonyl (C=O) groups is 1. The Morgan fingerprint density at radius 1 is 1.32 bits per heavy atom. The topological polar surface area (TPSA) is 63.5 Å². The lowest BCUT2D eigenvalue weighted by Gasteiger charge is -2.29. The van der Waals surface area contributed by atoms with E-state index in [0.29, 0.717) is 22.4 Å². The maximum atomic E-state index is 13.2. The first-order valence-corrected chi connectivity index (χ1v) is 10.4. The molecular weight excluding hydrogens is 398 g/mol. The second kappa shape index (κ2) is 8.16. The maximum Gasteiger partial charge on any atom is 0.280 e. The summed E-state index contributed by atoms with van der Waals surface area (Å²) in [5.74, 6) is -0.151. The average molecular weight is 420 g/mol. The Morgan fingerprint density at radius 3 is 2.79 bits per heavy atom. The molecule has 0 bridgehead atoms. The number of ether oxygens (including phenoxy) is 1. The van der Waals surface area contributed by atoms with Crippen LogP contribution >= 0.6 is 22.9 Å². The fourth-order valence-corrected chi connectivity index (χ4v) is 4.56. The van der Waals surface area contributed by atoms with Crippen LogP contribution in [0, 0.1) is 6.92 Å². The van der Waals surface area contributed by atoms with Crippen molar-refractivity contribution in [3.63, 3.8) is 0 Å². The second-order valence-corrected chi connectivity index (χ2v) is 8.21. The van der Waals surface area contributed by atoms with Gasteiger partial charge in [-0.25, -0.2) is 4.98 Å². The fourth-order valence-electron chi connectivity index (χ4n) is 3.22. The summed E-state index contributed by atoms with van der Waals surface area (Å²) in [6.07, 6.45) is 1.77. The molecule has 148 valence electrons. The Hall–Kier alpha value is -2.00. The summed E-state index contributed by atoms with van der Waals surface area (Å²) in [4.78, 5) is 22.0. The molecule has 28 heavy (non-hydrogen) atoms. The van der Waals surface area contributed by atoms with E-state index in [1.165, 1.54) is 11.3 Å². The highest BCUT2D eigenvalue weighted by Crippen LogP contribution is 2.36. The van der Waals surface area contributed by atoms with Crippen molar-refractivity contribution >= 4 is 44.2 Å². The van der Waals surface area contributed by atoms with E-state index in [9.17, 15) is 4.79 Å². The van der Waals surface area contributed by atoms with Crippen LogP contribution in [-0.4, -0.2) is 65.0 Å². The van der Waals surface area contributed by atoms with Crippen LogP contribution in [0.1, 0.15) is 16.1 Å². The van der Waals surface area contributed by atoms with Crippen molar-refractivity contribution in [1.29, 1.82) is 0 Å². The highest BCUT2D eigenvalue weighted by Gasteiger charge is 2.25. The number of aryl methyl sites for hydroxylation is 2. The van der Waals surface area contributed by atoms with Crippen LogP contribution in [0.4, 0.5) is 5.13 Å². The summed E-state index contributed by atoms with van der Waals surface area (Å²) in [5, 5.41) is 5.59. The Morgan fingerprint density at radius 2 is 2.11 bits per heavy atom. The molecule has 0 unspecified atom stereocenters. The van der Waals surface area contributed by atoms with Crippen LogP contribution in [0.25, 0.3) is 10.2 Å². The summed E-state index contributed by atoms with van der Waals surface area (Å²) >= 11 is 7.82. The molecule has 1 aromatic carbocycles. The van der Waals surface area contributed by atoms with E-state index in [4.69, 9.17) is 21.3 Å². The minimum absolute atomic E-state index is 0.151. The molecule has 1 aliphatic rings. The van der Waals surface area contributed by atoms with Crippen LogP contribution in [0.2, 0.25) is 5.02 Å². The van der Waals surface area contributed by atoms with Gasteiger partial charge in [-0.2, -0.15) is 5.10 Å². The first-order chi connectivity index (χ1) is 13.5. The average Bonchev–Trinajstić information content (AvgIpc) is 3.33. The van der Waals surface area contributed by atoms with Crippen molar-refractivity contribution in [3.05, 3.63) is 40.7 Å². The van der Waals surface area contributed by atoms with E-state index in [2.05, 4.69) is 10.00 Å². The summed E-state index contributed by atoms with van der Waals surface area (Å²) in [6.45, 7) is 6.48. The van der Waals surface area contributed by atoms with Crippen LogP contribution < -0.4 is 4.90 Å². The van der Waals surface area contributed by atoms with Crippen molar-refractivity contribution in [1.82, 2.24) is 19.7 Å².